The van der Waals surface area contributed by atoms with Crippen molar-refractivity contribution in [3.63, 3.8) is 0 Å². The number of rotatable bonds is 2. The van der Waals surface area contributed by atoms with E-state index in [2.05, 4.69) is 20.5 Å². The molecule has 0 amide bonds. The van der Waals surface area contributed by atoms with Crippen LogP contribution in [0, 0.1) is 0 Å². The van der Waals surface area contributed by atoms with Crippen LogP contribution in [0.3, 0.4) is 0 Å². The number of hydrogen-bond acceptors (Lipinski definition) is 2. The van der Waals surface area contributed by atoms with Crippen molar-refractivity contribution in [3.8, 4) is 11.3 Å². The minimum atomic E-state index is -0.286. The Bertz CT molecular complexity index is 1130. The zero-order valence-electron chi connectivity index (χ0n) is 16.4. The van der Waals surface area contributed by atoms with Gasteiger partial charge in [-0.3, -0.25) is 13.9 Å². The van der Waals surface area contributed by atoms with Crippen LogP contribution >= 0.6 is 15.9 Å². The fraction of sp³-hybridized carbons (Fsp3) is 0.455. The number of benzene rings is 1. The first kappa shape index (κ1) is 19.2. The summed E-state index contributed by atoms with van der Waals surface area (Å²) in [4.78, 5) is 25.7. The Kier molecular flexibility index (Phi) is 5.32. The van der Waals surface area contributed by atoms with Gasteiger partial charge in [-0.15, -0.1) is 0 Å². The Morgan fingerprint density at radius 1 is 0.929 bits per heavy atom. The average Bonchev–Trinajstić information content (AvgIpc) is 3.05. The van der Waals surface area contributed by atoms with E-state index < -0.39 is 0 Å². The predicted molar refractivity (Wildman–Crippen MR) is 117 cm³/mol. The van der Waals surface area contributed by atoms with Crippen LogP contribution in [0.5, 0.6) is 0 Å². The van der Waals surface area contributed by atoms with Crippen LogP contribution in [0.4, 0.5) is 0 Å². The van der Waals surface area contributed by atoms with Gasteiger partial charge in [0.15, 0.2) is 0 Å². The van der Waals surface area contributed by atoms with Crippen molar-refractivity contribution in [3.05, 3.63) is 55.8 Å². The molecule has 28 heavy (non-hydrogen) atoms. The fourth-order valence-corrected chi connectivity index (χ4v) is 4.96. The molecule has 148 valence electrons. The number of nitrogens with zero attached hydrogens (tertiary/aromatic N) is 3. The summed E-state index contributed by atoms with van der Waals surface area (Å²) in [5, 5.41) is 0.624. The summed E-state index contributed by atoms with van der Waals surface area (Å²) in [6, 6.07) is 8.36. The Hall–Kier alpha value is -2.08. The summed E-state index contributed by atoms with van der Waals surface area (Å²) < 4.78 is 6.04. The van der Waals surface area contributed by atoms with Crippen LogP contribution in [-0.2, 0) is 14.1 Å². The number of halogens is 1. The molecule has 0 N–H and O–H groups in total. The summed E-state index contributed by atoms with van der Waals surface area (Å²) in [5.74, 6) is 0. The van der Waals surface area contributed by atoms with E-state index in [4.69, 9.17) is 0 Å². The second-order valence-corrected chi connectivity index (χ2v) is 8.68. The largest absolute Gasteiger partial charge is 0.342 e. The molecule has 1 saturated carbocycles. The van der Waals surface area contributed by atoms with E-state index in [1.165, 1.54) is 36.7 Å². The van der Waals surface area contributed by atoms with Crippen molar-refractivity contribution in [2.45, 2.75) is 51.0 Å². The summed E-state index contributed by atoms with van der Waals surface area (Å²) in [6.45, 7) is 0. The lowest BCUT2D eigenvalue weighted by atomic mass is 9.96. The van der Waals surface area contributed by atoms with Crippen molar-refractivity contribution in [2.75, 3.05) is 0 Å². The highest BCUT2D eigenvalue weighted by Gasteiger charge is 2.24. The first-order valence-corrected chi connectivity index (χ1v) is 10.9. The third-order valence-corrected chi connectivity index (χ3v) is 6.75. The van der Waals surface area contributed by atoms with Crippen molar-refractivity contribution in [1.29, 1.82) is 0 Å². The number of fused-ring (bicyclic) bond motifs is 1. The molecule has 5 nitrogen and oxygen atoms in total. The predicted octanol–water partition coefficient (Wildman–Crippen LogP) is 4.75. The smallest absolute Gasteiger partial charge is 0.330 e. The monoisotopic (exact) mass is 443 g/mol. The first-order valence-electron chi connectivity index (χ1n) is 10.1. The molecule has 0 radical (unpaired) electrons. The van der Waals surface area contributed by atoms with E-state index in [9.17, 15) is 9.59 Å². The topological polar surface area (TPSA) is 48.9 Å². The lowest BCUT2D eigenvalue weighted by Crippen LogP contribution is -2.36. The van der Waals surface area contributed by atoms with E-state index in [-0.39, 0.29) is 11.2 Å². The molecule has 6 heteroatoms. The zero-order chi connectivity index (χ0) is 19.8. The van der Waals surface area contributed by atoms with Gasteiger partial charge in [-0.2, -0.15) is 0 Å². The van der Waals surface area contributed by atoms with Crippen molar-refractivity contribution in [2.24, 2.45) is 14.1 Å². The maximum absolute atomic E-state index is 13.1. The normalized spacial score (nSPS) is 16.2. The van der Waals surface area contributed by atoms with Crippen LogP contribution in [0.2, 0.25) is 0 Å². The second kappa shape index (κ2) is 7.74. The van der Waals surface area contributed by atoms with E-state index >= 15 is 0 Å². The average molecular weight is 444 g/mol. The third-order valence-electron chi connectivity index (χ3n) is 6.06. The maximum atomic E-state index is 13.1. The first-order chi connectivity index (χ1) is 13.5. The van der Waals surface area contributed by atoms with Crippen molar-refractivity contribution >= 4 is 26.8 Å². The quantitative estimate of drug-likeness (QED) is 0.573. The molecule has 1 aromatic carbocycles. The molecular weight excluding hydrogens is 418 g/mol. The number of aromatic nitrogens is 3. The highest BCUT2D eigenvalue weighted by Crippen LogP contribution is 2.38. The molecular formula is C22H26BrN3O2. The van der Waals surface area contributed by atoms with Gasteiger partial charge < -0.3 is 4.57 Å². The van der Waals surface area contributed by atoms with Crippen LogP contribution in [0.1, 0.15) is 51.0 Å². The second-order valence-electron chi connectivity index (χ2n) is 7.83. The minimum absolute atomic E-state index is 0.228. The number of aryl methyl sites for hydroxylation is 1. The van der Waals surface area contributed by atoms with Crippen LogP contribution < -0.4 is 11.2 Å². The highest BCUT2D eigenvalue weighted by molar-refractivity contribution is 9.10. The molecule has 0 unspecified atom stereocenters. The summed E-state index contributed by atoms with van der Waals surface area (Å²) in [7, 11) is 3.30. The van der Waals surface area contributed by atoms with Gasteiger partial charge in [0.25, 0.3) is 5.56 Å². The molecule has 0 spiro atoms. The molecule has 0 atom stereocenters. The molecule has 1 aliphatic carbocycles. The molecule has 0 saturated heterocycles. The fourth-order valence-electron chi connectivity index (χ4n) is 4.49. The van der Waals surface area contributed by atoms with Gasteiger partial charge in [-0.05, 0) is 18.9 Å². The Labute approximate surface area is 172 Å². The molecule has 3 aromatic rings. The lowest BCUT2D eigenvalue weighted by Gasteiger charge is -2.24. The van der Waals surface area contributed by atoms with Gasteiger partial charge in [-0.1, -0.05) is 66.2 Å². The van der Waals surface area contributed by atoms with Crippen LogP contribution in [0.25, 0.3) is 22.2 Å². The standard InChI is InChI=1S/C22H26BrN3O2/c1-24-18-14-26(15-10-6-4-3-5-7-11-15)20(16-12-8-9-13-17(16)23)19(18)21(27)25(2)22(24)28/h8-9,12-15H,3-7,10-11H2,1-2H3. The molecule has 2 aromatic heterocycles. The van der Waals surface area contributed by atoms with Crippen molar-refractivity contribution in [1.82, 2.24) is 13.7 Å². The summed E-state index contributed by atoms with van der Waals surface area (Å²) in [6.07, 6.45) is 10.5. The van der Waals surface area contributed by atoms with Crippen LogP contribution in [-0.4, -0.2) is 13.7 Å². The van der Waals surface area contributed by atoms with Gasteiger partial charge >= 0.3 is 5.69 Å². The summed E-state index contributed by atoms with van der Waals surface area (Å²) >= 11 is 3.67. The lowest BCUT2D eigenvalue weighted by molar-refractivity contribution is 0.375. The molecule has 0 aliphatic heterocycles. The Morgan fingerprint density at radius 3 is 2.25 bits per heavy atom. The molecule has 0 bridgehead atoms. The van der Waals surface area contributed by atoms with Gasteiger partial charge in [0, 0.05) is 36.4 Å². The van der Waals surface area contributed by atoms with Gasteiger partial charge in [0.2, 0.25) is 0 Å². The zero-order valence-corrected chi connectivity index (χ0v) is 18.0. The van der Waals surface area contributed by atoms with E-state index in [0.29, 0.717) is 16.9 Å². The molecule has 2 heterocycles. The molecule has 4 rings (SSSR count). The van der Waals surface area contributed by atoms with Crippen molar-refractivity contribution < 1.29 is 0 Å². The highest BCUT2D eigenvalue weighted by atomic mass is 79.9. The van der Waals surface area contributed by atoms with Gasteiger partial charge in [0.1, 0.15) is 0 Å². The Balaban J connectivity index is 2.06. The minimum Gasteiger partial charge on any atom is -0.342 e. The molecule has 1 aliphatic rings. The SMILES string of the molecule is Cn1c(=O)c2c(-c3ccccc3Br)n(C3CCCCCCC3)cc2n(C)c1=O. The molecule has 1 fully saturated rings. The van der Waals surface area contributed by atoms with Gasteiger partial charge in [-0.25, -0.2) is 4.79 Å². The Morgan fingerprint density at radius 2 is 1.57 bits per heavy atom. The van der Waals surface area contributed by atoms with E-state index in [0.717, 1.165) is 28.6 Å². The summed E-state index contributed by atoms with van der Waals surface area (Å²) in [5.41, 5.74) is 2.11. The van der Waals surface area contributed by atoms with E-state index in [1.54, 1.807) is 18.7 Å². The van der Waals surface area contributed by atoms with Crippen LogP contribution in [0.15, 0.2) is 44.5 Å². The number of hydrogen-bond donors (Lipinski definition) is 0. The van der Waals surface area contributed by atoms with E-state index in [1.807, 2.05) is 30.5 Å². The van der Waals surface area contributed by atoms with Gasteiger partial charge in [0.05, 0.1) is 16.6 Å². The maximum Gasteiger partial charge on any atom is 0.330 e. The third kappa shape index (κ3) is 3.17.